The summed E-state index contributed by atoms with van der Waals surface area (Å²) in [7, 11) is 0. The van der Waals surface area contributed by atoms with Gasteiger partial charge in [-0.05, 0) is 25.8 Å². The second kappa shape index (κ2) is 6.96. The number of hydrogen-bond acceptors (Lipinski definition) is 4. The molecule has 2 atom stereocenters. The molecule has 1 aliphatic rings. The number of H-pyrrole nitrogens is 1. The standard InChI is InChI=1S/C19H20F3N5O/c1-11-2-3-12(18(28)26-10-19(20,21)22)9-27(11)15-8-23-6-13-7-25-17-14(16(13)15)4-5-24-17/h4-8,11-12H,2-3,9-10H2,1H3,(H,24,25)(H,26,28). The van der Waals surface area contributed by atoms with Gasteiger partial charge >= 0.3 is 6.18 Å². The van der Waals surface area contributed by atoms with Gasteiger partial charge < -0.3 is 15.2 Å². The molecular weight excluding hydrogens is 371 g/mol. The molecule has 28 heavy (non-hydrogen) atoms. The molecule has 0 bridgehead atoms. The van der Waals surface area contributed by atoms with Gasteiger partial charge in [-0.15, -0.1) is 0 Å². The van der Waals surface area contributed by atoms with Crippen LogP contribution >= 0.6 is 0 Å². The number of fused-ring (bicyclic) bond motifs is 3. The lowest BCUT2D eigenvalue weighted by Gasteiger charge is -2.39. The van der Waals surface area contributed by atoms with Crippen LogP contribution in [0, 0.1) is 5.92 Å². The SMILES string of the molecule is CC1CCC(C(=O)NCC(F)(F)F)CN1c1cncc2cnc3[nH]ccc3c12. The summed E-state index contributed by atoms with van der Waals surface area (Å²) < 4.78 is 37.3. The Morgan fingerprint density at radius 2 is 2.14 bits per heavy atom. The molecule has 4 heterocycles. The van der Waals surface area contributed by atoms with Crippen molar-refractivity contribution < 1.29 is 18.0 Å². The van der Waals surface area contributed by atoms with Gasteiger partial charge in [-0.1, -0.05) is 0 Å². The number of halogens is 3. The maximum atomic E-state index is 12.4. The van der Waals surface area contributed by atoms with E-state index in [4.69, 9.17) is 0 Å². The number of anilines is 1. The molecule has 9 heteroatoms. The Morgan fingerprint density at radius 1 is 1.32 bits per heavy atom. The van der Waals surface area contributed by atoms with Crippen molar-refractivity contribution >= 4 is 33.4 Å². The van der Waals surface area contributed by atoms with Crippen LogP contribution in [0.5, 0.6) is 0 Å². The molecular formula is C19H20F3N5O. The van der Waals surface area contributed by atoms with Crippen molar-refractivity contribution in [3.05, 3.63) is 30.9 Å². The van der Waals surface area contributed by atoms with Gasteiger partial charge in [0.1, 0.15) is 12.2 Å². The van der Waals surface area contributed by atoms with Gasteiger partial charge in [0, 0.05) is 47.3 Å². The normalized spacial score (nSPS) is 20.6. The molecule has 1 saturated heterocycles. The molecule has 148 valence electrons. The van der Waals surface area contributed by atoms with E-state index in [9.17, 15) is 18.0 Å². The Balaban J connectivity index is 1.66. The van der Waals surface area contributed by atoms with Crippen LogP contribution in [0.25, 0.3) is 21.8 Å². The van der Waals surface area contributed by atoms with Crippen molar-refractivity contribution in [2.75, 3.05) is 18.0 Å². The lowest BCUT2D eigenvalue weighted by atomic mass is 9.91. The van der Waals surface area contributed by atoms with Crippen molar-refractivity contribution in [1.29, 1.82) is 0 Å². The zero-order valence-corrected chi connectivity index (χ0v) is 15.3. The first-order valence-corrected chi connectivity index (χ1v) is 9.14. The molecule has 3 aromatic rings. The molecule has 0 saturated carbocycles. The molecule has 0 aromatic carbocycles. The van der Waals surface area contributed by atoms with Crippen LogP contribution < -0.4 is 10.2 Å². The fourth-order valence-corrected chi connectivity index (χ4v) is 3.87. The van der Waals surface area contributed by atoms with Gasteiger partial charge in [-0.3, -0.25) is 9.78 Å². The molecule has 4 rings (SSSR count). The van der Waals surface area contributed by atoms with Crippen molar-refractivity contribution in [2.24, 2.45) is 5.92 Å². The minimum Gasteiger partial charge on any atom is -0.366 e. The summed E-state index contributed by atoms with van der Waals surface area (Å²) >= 11 is 0. The molecule has 1 aliphatic heterocycles. The minimum atomic E-state index is -4.41. The molecule has 0 spiro atoms. The predicted octanol–water partition coefficient (Wildman–Crippen LogP) is 3.39. The highest BCUT2D eigenvalue weighted by Gasteiger charge is 2.34. The maximum absolute atomic E-state index is 12.4. The van der Waals surface area contributed by atoms with E-state index in [1.807, 2.05) is 17.6 Å². The number of carbonyl (C=O) groups excluding carboxylic acids is 1. The number of carbonyl (C=O) groups is 1. The van der Waals surface area contributed by atoms with E-state index in [0.717, 1.165) is 27.5 Å². The van der Waals surface area contributed by atoms with E-state index in [1.165, 1.54) is 0 Å². The number of pyridine rings is 2. The van der Waals surface area contributed by atoms with Crippen LogP contribution in [0.2, 0.25) is 0 Å². The van der Waals surface area contributed by atoms with Gasteiger partial charge in [0.25, 0.3) is 0 Å². The Bertz CT molecular complexity index is 1020. The Labute approximate surface area is 159 Å². The van der Waals surface area contributed by atoms with E-state index < -0.39 is 24.5 Å². The highest BCUT2D eigenvalue weighted by Crippen LogP contribution is 2.35. The molecule has 6 nitrogen and oxygen atoms in total. The van der Waals surface area contributed by atoms with E-state index in [-0.39, 0.29) is 6.04 Å². The summed E-state index contributed by atoms with van der Waals surface area (Å²) in [5, 5.41) is 4.82. The number of nitrogens with one attached hydrogen (secondary N) is 2. The third kappa shape index (κ3) is 3.48. The van der Waals surface area contributed by atoms with Gasteiger partial charge in [-0.25, -0.2) is 4.98 Å². The average Bonchev–Trinajstić information content (AvgIpc) is 3.14. The summed E-state index contributed by atoms with van der Waals surface area (Å²) in [5.74, 6) is -1.06. The Morgan fingerprint density at radius 3 is 2.93 bits per heavy atom. The van der Waals surface area contributed by atoms with Crippen LogP contribution in [0.15, 0.2) is 30.9 Å². The van der Waals surface area contributed by atoms with E-state index in [2.05, 4.69) is 26.8 Å². The highest BCUT2D eigenvalue weighted by molar-refractivity contribution is 6.11. The molecule has 1 fully saturated rings. The van der Waals surface area contributed by atoms with Crippen LogP contribution in [0.4, 0.5) is 18.9 Å². The van der Waals surface area contributed by atoms with Crippen LogP contribution in [-0.2, 0) is 4.79 Å². The quantitative estimate of drug-likeness (QED) is 0.718. The molecule has 1 amide bonds. The van der Waals surface area contributed by atoms with Crippen molar-refractivity contribution in [1.82, 2.24) is 20.3 Å². The lowest BCUT2D eigenvalue weighted by Crippen LogP contribution is -2.48. The van der Waals surface area contributed by atoms with E-state index in [1.54, 1.807) is 18.6 Å². The molecule has 0 aliphatic carbocycles. The monoisotopic (exact) mass is 391 g/mol. The van der Waals surface area contributed by atoms with Crippen LogP contribution in [0.3, 0.4) is 0 Å². The number of nitrogens with zero attached hydrogens (tertiary/aromatic N) is 3. The number of aromatic nitrogens is 3. The third-order valence-corrected chi connectivity index (χ3v) is 5.31. The zero-order valence-electron chi connectivity index (χ0n) is 15.3. The fraction of sp³-hybridized carbons (Fsp3) is 0.421. The summed E-state index contributed by atoms with van der Waals surface area (Å²) in [6, 6.07) is 2.08. The smallest absolute Gasteiger partial charge is 0.366 e. The Hall–Kier alpha value is -2.84. The number of aromatic amines is 1. The third-order valence-electron chi connectivity index (χ3n) is 5.31. The molecule has 3 aromatic heterocycles. The minimum absolute atomic E-state index is 0.140. The predicted molar refractivity (Wildman–Crippen MR) is 100.0 cm³/mol. The topological polar surface area (TPSA) is 73.9 Å². The average molecular weight is 391 g/mol. The second-order valence-electron chi connectivity index (χ2n) is 7.23. The van der Waals surface area contributed by atoms with Crippen molar-refractivity contribution in [3.8, 4) is 0 Å². The van der Waals surface area contributed by atoms with Crippen molar-refractivity contribution in [2.45, 2.75) is 32.0 Å². The first kappa shape index (κ1) is 18.5. The largest absolute Gasteiger partial charge is 0.405 e. The second-order valence-corrected chi connectivity index (χ2v) is 7.23. The first-order chi connectivity index (χ1) is 13.3. The fourth-order valence-electron chi connectivity index (χ4n) is 3.87. The zero-order chi connectivity index (χ0) is 19.9. The summed E-state index contributed by atoms with van der Waals surface area (Å²) in [6.45, 7) is 1.10. The van der Waals surface area contributed by atoms with Gasteiger partial charge in [0.15, 0.2) is 0 Å². The summed E-state index contributed by atoms with van der Waals surface area (Å²) in [4.78, 5) is 26.1. The van der Waals surface area contributed by atoms with E-state index >= 15 is 0 Å². The first-order valence-electron chi connectivity index (χ1n) is 9.14. The van der Waals surface area contributed by atoms with Crippen molar-refractivity contribution in [3.63, 3.8) is 0 Å². The molecule has 2 unspecified atom stereocenters. The van der Waals surface area contributed by atoms with Gasteiger partial charge in [-0.2, -0.15) is 13.2 Å². The lowest BCUT2D eigenvalue weighted by molar-refractivity contribution is -0.141. The number of hydrogen-bond donors (Lipinski definition) is 2. The highest BCUT2D eigenvalue weighted by atomic mass is 19.4. The van der Waals surface area contributed by atoms with Gasteiger partial charge in [0.05, 0.1) is 17.8 Å². The summed E-state index contributed by atoms with van der Waals surface area (Å²) in [6.07, 6.45) is 3.90. The number of rotatable bonds is 3. The summed E-state index contributed by atoms with van der Waals surface area (Å²) in [5.41, 5.74) is 1.62. The van der Waals surface area contributed by atoms with Crippen LogP contribution in [-0.4, -0.2) is 46.2 Å². The number of amides is 1. The molecule has 0 radical (unpaired) electrons. The van der Waals surface area contributed by atoms with Gasteiger partial charge in [0.2, 0.25) is 5.91 Å². The maximum Gasteiger partial charge on any atom is 0.405 e. The Kier molecular flexibility index (Phi) is 4.60. The van der Waals surface area contributed by atoms with E-state index in [0.29, 0.717) is 19.4 Å². The number of piperidine rings is 1. The van der Waals surface area contributed by atoms with Crippen LogP contribution in [0.1, 0.15) is 19.8 Å². The molecule has 2 N–H and O–H groups in total. The number of alkyl halides is 3.